The summed E-state index contributed by atoms with van der Waals surface area (Å²) >= 11 is 0. The van der Waals surface area contributed by atoms with Crippen molar-refractivity contribution in [2.45, 2.75) is 13.2 Å². The number of oxime groups is 1. The van der Waals surface area contributed by atoms with Crippen LogP contribution in [0.1, 0.15) is 16.8 Å². The number of rotatable bonds is 9. The number of benzene rings is 2. The molecule has 0 spiro atoms. The van der Waals surface area contributed by atoms with Crippen molar-refractivity contribution < 1.29 is 23.3 Å². The van der Waals surface area contributed by atoms with Gasteiger partial charge < -0.3 is 23.3 Å². The maximum Gasteiger partial charge on any atom is 0.202 e. The van der Waals surface area contributed by atoms with Crippen LogP contribution in [0.4, 0.5) is 0 Å². The van der Waals surface area contributed by atoms with Crippen molar-refractivity contribution in [2.75, 3.05) is 7.11 Å². The molecule has 0 bridgehead atoms. The minimum absolute atomic E-state index is 0.177. The summed E-state index contributed by atoms with van der Waals surface area (Å²) in [6.45, 7) is 0.640. The summed E-state index contributed by atoms with van der Waals surface area (Å²) in [5, 5.41) is 7.91. The normalized spacial score (nSPS) is 11.0. The Labute approximate surface area is 173 Å². The van der Waals surface area contributed by atoms with E-state index in [0.29, 0.717) is 35.3 Å². The highest BCUT2D eigenvalue weighted by atomic mass is 16.6. The minimum atomic E-state index is 0.177. The van der Waals surface area contributed by atoms with Crippen LogP contribution in [0.5, 0.6) is 11.5 Å². The molecule has 2 heterocycles. The van der Waals surface area contributed by atoms with Crippen molar-refractivity contribution >= 4 is 6.21 Å². The molecular weight excluding hydrogens is 384 g/mol. The molecule has 0 amide bonds. The van der Waals surface area contributed by atoms with Crippen molar-refractivity contribution in [3.63, 3.8) is 0 Å². The van der Waals surface area contributed by atoms with E-state index in [9.17, 15) is 0 Å². The Bertz CT molecular complexity index is 1090. The van der Waals surface area contributed by atoms with E-state index in [4.69, 9.17) is 23.3 Å². The lowest BCUT2D eigenvalue weighted by Gasteiger charge is -2.11. The Hall–Kier alpha value is -4.00. The van der Waals surface area contributed by atoms with E-state index < -0.39 is 0 Å². The molecular formula is C23H20N2O5. The molecule has 0 aliphatic rings. The van der Waals surface area contributed by atoms with E-state index in [0.717, 1.165) is 11.1 Å². The van der Waals surface area contributed by atoms with Crippen LogP contribution in [0.2, 0.25) is 0 Å². The maximum absolute atomic E-state index is 5.86. The summed E-state index contributed by atoms with van der Waals surface area (Å²) in [7, 11) is 1.60. The monoisotopic (exact) mass is 404 g/mol. The zero-order valence-corrected chi connectivity index (χ0v) is 16.4. The average molecular weight is 404 g/mol. The van der Waals surface area contributed by atoms with E-state index in [2.05, 4.69) is 10.3 Å². The van der Waals surface area contributed by atoms with Crippen molar-refractivity contribution in [3.8, 4) is 23.0 Å². The van der Waals surface area contributed by atoms with Gasteiger partial charge in [0.05, 0.1) is 19.6 Å². The van der Waals surface area contributed by atoms with Crippen LogP contribution in [0.25, 0.3) is 11.5 Å². The Morgan fingerprint density at radius 1 is 0.933 bits per heavy atom. The van der Waals surface area contributed by atoms with Crippen LogP contribution >= 0.6 is 0 Å². The first-order valence-corrected chi connectivity index (χ1v) is 9.31. The van der Waals surface area contributed by atoms with Gasteiger partial charge in [-0.3, -0.25) is 0 Å². The Morgan fingerprint density at radius 2 is 1.83 bits per heavy atom. The largest absolute Gasteiger partial charge is 0.493 e. The fourth-order valence-corrected chi connectivity index (χ4v) is 2.74. The summed E-state index contributed by atoms with van der Waals surface area (Å²) in [6.07, 6.45) is 3.17. The minimum Gasteiger partial charge on any atom is -0.493 e. The van der Waals surface area contributed by atoms with Gasteiger partial charge in [-0.05, 0) is 35.9 Å². The van der Waals surface area contributed by atoms with Crippen LogP contribution in [0.15, 0.2) is 87.1 Å². The highest BCUT2D eigenvalue weighted by molar-refractivity contribution is 5.80. The van der Waals surface area contributed by atoms with E-state index in [-0.39, 0.29) is 6.61 Å². The third-order valence-electron chi connectivity index (χ3n) is 4.24. The molecule has 7 nitrogen and oxygen atoms in total. The van der Waals surface area contributed by atoms with Gasteiger partial charge >= 0.3 is 0 Å². The first-order chi connectivity index (χ1) is 14.8. The molecule has 2 aromatic carbocycles. The summed E-state index contributed by atoms with van der Waals surface area (Å²) in [4.78, 5) is 5.31. The van der Waals surface area contributed by atoms with Crippen molar-refractivity contribution in [1.29, 1.82) is 0 Å². The number of hydrogen-bond donors (Lipinski definition) is 0. The van der Waals surface area contributed by atoms with Gasteiger partial charge in [0, 0.05) is 11.6 Å². The van der Waals surface area contributed by atoms with Crippen molar-refractivity contribution in [2.24, 2.45) is 5.16 Å². The van der Waals surface area contributed by atoms with Gasteiger partial charge in [0.15, 0.2) is 23.9 Å². The Kier molecular flexibility index (Phi) is 6.10. The Balaban J connectivity index is 1.32. The quantitative estimate of drug-likeness (QED) is 0.286. The first-order valence-electron chi connectivity index (χ1n) is 9.31. The van der Waals surface area contributed by atoms with Gasteiger partial charge in [0.25, 0.3) is 0 Å². The molecule has 0 saturated heterocycles. The summed E-state index contributed by atoms with van der Waals surface area (Å²) in [6, 6.07) is 20.8. The van der Waals surface area contributed by atoms with Crippen LogP contribution < -0.4 is 9.47 Å². The third-order valence-corrected chi connectivity index (χ3v) is 4.24. The molecule has 0 aliphatic heterocycles. The molecule has 0 atom stereocenters. The number of nitrogens with zero attached hydrogens (tertiary/aromatic N) is 2. The molecule has 30 heavy (non-hydrogen) atoms. The van der Waals surface area contributed by atoms with Gasteiger partial charge in [-0.25, -0.2) is 0 Å². The van der Waals surface area contributed by atoms with Crippen LogP contribution in [-0.4, -0.2) is 18.5 Å². The third kappa shape index (κ3) is 4.88. The highest BCUT2D eigenvalue weighted by Gasteiger charge is 2.09. The molecule has 2 aromatic heterocycles. The van der Waals surface area contributed by atoms with E-state index >= 15 is 0 Å². The molecule has 4 aromatic rings. The number of aromatic nitrogens is 1. The fourth-order valence-electron chi connectivity index (χ4n) is 2.74. The van der Waals surface area contributed by atoms with E-state index in [1.165, 1.54) is 0 Å². The Morgan fingerprint density at radius 3 is 2.63 bits per heavy atom. The molecule has 0 unspecified atom stereocenters. The van der Waals surface area contributed by atoms with Crippen LogP contribution in [-0.2, 0) is 18.1 Å². The van der Waals surface area contributed by atoms with Gasteiger partial charge in [-0.1, -0.05) is 40.6 Å². The molecule has 4 rings (SSSR count). The van der Waals surface area contributed by atoms with Gasteiger partial charge in [-0.2, -0.15) is 0 Å². The van der Waals surface area contributed by atoms with Crippen molar-refractivity contribution in [1.82, 2.24) is 5.16 Å². The zero-order valence-electron chi connectivity index (χ0n) is 16.4. The molecule has 0 aliphatic carbocycles. The first kappa shape index (κ1) is 19.3. The van der Waals surface area contributed by atoms with Crippen LogP contribution in [0.3, 0.4) is 0 Å². The number of furan rings is 1. The summed E-state index contributed by atoms with van der Waals surface area (Å²) < 4.78 is 21.8. The van der Waals surface area contributed by atoms with Crippen molar-refractivity contribution in [3.05, 3.63) is 89.8 Å². The number of ether oxygens (including phenoxy) is 2. The molecule has 152 valence electrons. The van der Waals surface area contributed by atoms with Crippen LogP contribution in [0, 0.1) is 0 Å². The molecule has 0 fully saturated rings. The van der Waals surface area contributed by atoms with E-state index in [1.54, 1.807) is 37.8 Å². The lowest BCUT2D eigenvalue weighted by Crippen LogP contribution is -1.98. The SMILES string of the molecule is COc1cc(/C=N\OCc2cc(-c3ccco3)on2)ccc1OCc1ccccc1. The maximum atomic E-state index is 5.86. The van der Waals surface area contributed by atoms with Gasteiger partial charge in [0.2, 0.25) is 5.76 Å². The standard InChI is InChI=1S/C23H20N2O5/c1-26-22-12-18(9-10-21(22)28-15-17-6-3-2-4-7-17)14-24-29-16-19-13-23(30-25-19)20-8-5-11-27-20/h2-14H,15-16H2,1H3/b24-14-. The molecule has 7 heteroatoms. The second-order valence-corrected chi connectivity index (χ2v) is 6.35. The fraction of sp³-hybridized carbons (Fsp3) is 0.130. The van der Waals surface area contributed by atoms with Gasteiger partial charge in [-0.15, -0.1) is 0 Å². The average Bonchev–Trinajstić information content (AvgIpc) is 3.48. The van der Waals surface area contributed by atoms with Gasteiger partial charge in [0.1, 0.15) is 12.3 Å². The number of methoxy groups -OCH3 is 1. The second-order valence-electron chi connectivity index (χ2n) is 6.35. The van der Waals surface area contributed by atoms with E-state index in [1.807, 2.05) is 48.5 Å². The smallest absolute Gasteiger partial charge is 0.202 e. The lowest BCUT2D eigenvalue weighted by atomic mass is 10.2. The zero-order chi connectivity index (χ0) is 20.6. The summed E-state index contributed by atoms with van der Waals surface area (Å²) in [5.74, 6) is 2.43. The highest BCUT2D eigenvalue weighted by Crippen LogP contribution is 2.28. The lowest BCUT2D eigenvalue weighted by molar-refractivity contribution is 0.126. The predicted octanol–water partition coefficient (Wildman–Crippen LogP) is 5.07. The molecule has 0 radical (unpaired) electrons. The second kappa shape index (κ2) is 9.47. The predicted molar refractivity (Wildman–Crippen MR) is 110 cm³/mol. The summed E-state index contributed by atoms with van der Waals surface area (Å²) in [5.41, 5.74) is 2.51. The topological polar surface area (TPSA) is 79.2 Å². The molecule has 0 N–H and O–H groups in total. The number of hydrogen-bond acceptors (Lipinski definition) is 7. The molecule has 0 saturated carbocycles.